The van der Waals surface area contributed by atoms with Gasteiger partial charge in [0.25, 0.3) is 5.91 Å². The van der Waals surface area contributed by atoms with Crippen molar-refractivity contribution >= 4 is 21.8 Å². The smallest absolute Gasteiger partial charge is 0.253 e. The molecule has 1 N–H and O–H groups in total. The molecule has 0 heterocycles. The molecular formula is C11H14BrNO2. The van der Waals surface area contributed by atoms with Gasteiger partial charge in [-0.15, -0.1) is 0 Å². The van der Waals surface area contributed by atoms with E-state index in [1.54, 1.807) is 30.1 Å². The number of phenols is 1. The van der Waals surface area contributed by atoms with Crippen molar-refractivity contribution in [2.45, 2.75) is 13.0 Å². The molecule has 0 bridgehead atoms. The molecule has 1 aromatic carbocycles. The van der Waals surface area contributed by atoms with Crippen molar-refractivity contribution in [3.05, 3.63) is 29.8 Å². The monoisotopic (exact) mass is 271 g/mol. The minimum Gasteiger partial charge on any atom is -0.508 e. The molecule has 0 aliphatic rings. The van der Waals surface area contributed by atoms with Crippen LogP contribution in [0.5, 0.6) is 5.75 Å². The largest absolute Gasteiger partial charge is 0.508 e. The van der Waals surface area contributed by atoms with Gasteiger partial charge in [-0.1, -0.05) is 22.0 Å². The third-order valence-corrected chi connectivity index (χ3v) is 3.23. The van der Waals surface area contributed by atoms with Crippen LogP contribution in [0.4, 0.5) is 0 Å². The fourth-order valence-electron chi connectivity index (χ4n) is 1.15. The first-order valence-corrected chi connectivity index (χ1v) is 5.80. The fraction of sp³-hybridized carbons (Fsp3) is 0.364. The number of aromatic hydroxyl groups is 1. The first-order valence-electron chi connectivity index (χ1n) is 4.68. The second-order valence-electron chi connectivity index (χ2n) is 3.47. The van der Waals surface area contributed by atoms with Crippen LogP contribution in [0.3, 0.4) is 0 Å². The van der Waals surface area contributed by atoms with Crippen LogP contribution in [-0.4, -0.2) is 34.3 Å². The average Bonchev–Trinajstić information content (AvgIpc) is 2.26. The predicted octanol–water partition coefficient (Wildman–Crippen LogP) is 2.25. The molecule has 0 spiro atoms. The molecule has 1 rings (SSSR count). The maximum atomic E-state index is 11.9. The van der Waals surface area contributed by atoms with E-state index in [0.29, 0.717) is 5.56 Å². The quantitative estimate of drug-likeness (QED) is 0.857. The highest BCUT2D eigenvalue weighted by molar-refractivity contribution is 9.09. The summed E-state index contributed by atoms with van der Waals surface area (Å²) in [5.41, 5.74) is 0.505. The summed E-state index contributed by atoms with van der Waals surface area (Å²) in [7, 11) is 1.75. The van der Waals surface area contributed by atoms with Crippen molar-refractivity contribution in [1.29, 1.82) is 0 Å². The normalized spacial score (nSPS) is 12.2. The molecule has 15 heavy (non-hydrogen) atoms. The van der Waals surface area contributed by atoms with E-state index in [1.165, 1.54) is 6.07 Å². The van der Waals surface area contributed by atoms with Gasteiger partial charge in [0.05, 0.1) is 0 Å². The van der Waals surface area contributed by atoms with Gasteiger partial charge in [0.2, 0.25) is 0 Å². The highest BCUT2D eigenvalue weighted by Crippen LogP contribution is 2.14. The van der Waals surface area contributed by atoms with E-state index >= 15 is 0 Å². The van der Waals surface area contributed by atoms with E-state index < -0.39 is 0 Å². The van der Waals surface area contributed by atoms with Crippen LogP contribution >= 0.6 is 15.9 Å². The molecule has 0 aliphatic heterocycles. The lowest BCUT2D eigenvalue weighted by molar-refractivity contribution is 0.0757. The number of amides is 1. The Morgan fingerprint density at radius 3 is 2.80 bits per heavy atom. The van der Waals surface area contributed by atoms with Crippen molar-refractivity contribution in [1.82, 2.24) is 4.90 Å². The number of carbonyl (C=O) groups excluding carboxylic acids is 1. The lowest BCUT2D eigenvalue weighted by atomic mass is 10.2. The summed E-state index contributed by atoms with van der Waals surface area (Å²) in [6.45, 7) is 1.95. The molecule has 3 nitrogen and oxygen atoms in total. The Morgan fingerprint density at radius 1 is 1.60 bits per heavy atom. The molecule has 1 atom stereocenters. The Bertz CT molecular complexity index is 354. The van der Waals surface area contributed by atoms with Gasteiger partial charge in [0.1, 0.15) is 5.75 Å². The Kier molecular flexibility index (Phi) is 4.15. The summed E-state index contributed by atoms with van der Waals surface area (Å²) < 4.78 is 0. The molecule has 0 fully saturated rings. The second kappa shape index (κ2) is 5.16. The van der Waals surface area contributed by atoms with Crippen molar-refractivity contribution in [3.8, 4) is 5.75 Å². The van der Waals surface area contributed by atoms with Gasteiger partial charge in [-0.25, -0.2) is 0 Å². The summed E-state index contributed by atoms with van der Waals surface area (Å²) >= 11 is 3.33. The second-order valence-corrected chi connectivity index (χ2v) is 4.12. The molecule has 0 aliphatic carbocycles. The highest BCUT2D eigenvalue weighted by Gasteiger charge is 2.16. The maximum absolute atomic E-state index is 11.9. The van der Waals surface area contributed by atoms with Crippen LogP contribution in [0.25, 0.3) is 0 Å². The van der Waals surface area contributed by atoms with Gasteiger partial charge in [0, 0.05) is 24.0 Å². The van der Waals surface area contributed by atoms with E-state index in [-0.39, 0.29) is 17.7 Å². The topological polar surface area (TPSA) is 40.5 Å². The van der Waals surface area contributed by atoms with Crippen molar-refractivity contribution in [2.24, 2.45) is 0 Å². The van der Waals surface area contributed by atoms with Gasteiger partial charge in [0.15, 0.2) is 0 Å². The van der Waals surface area contributed by atoms with Crippen LogP contribution in [0.15, 0.2) is 24.3 Å². The summed E-state index contributed by atoms with van der Waals surface area (Å²) in [5.74, 6) is 0.0265. The van der Waals surface area contributed by atoms with Crippen molar-refractivity contribution < 1.29 is 9.90 Å². The molecular weight excluding hydrogens is 258 g/mol. The number of carbonyl (C=O) groups is 1. The van der Waals surface area contributed by atoms with Gasteiger partial charge in [-0.05, 0) is 25.1 Å². The number of nitrogens with zero attached hydrogens (tertiary/aromatic N) is 1. The average molecular weight is 272 g/mol. The lowest BCUT2D eigenvalue weighted by Gasteiger charge is -2.23. The van der Waals surface area contributed by atoms with Crippen molar-refractivity contribution in [2.75, 3.05) is 12.4 Å². The van der Waals surface area contributed by atoms with Gasteiger partial charge < -0.3 is 10.0 Å². The van der Waals surface area contributed by atoms with Gasteiger partial charge >= 0.3 is 0 Å². The van der Waals surface area contributed by atoms with Crippen LogP contribution < -0.4 is 0 Å². The minimum atomic E-state index is -0.0853. The molecule has 1 amide bonds. The fourth-order valence-corrected chi connectivity index (χ4v) is 1.58. The SMILES string of the molecule is CC(CBr)N(C)C(=O)c1cccc(O)c1. The molecule has 0 saturated carbocycles. The Hall–Kier alpha value is -1.03. The Balaban J connectivity index is 2.85. The summed E-state index contributed by atoms with van der Waals surface area (Å²) in [5, 5.41) is 9.99. The predicted molar refractivity (Wildman–Crippen MR) is 63.5 cm³/mol. The number of hydrogen-bond acceptors (Lipinski definition) is 2. The zero-order valence-electron chi connectivity index (χ0n) is 8.77. The molecule has 1 unspecified atom stereocenters. The molecule has 4 heteroatoms. The van der Waals surface area contributed by atoms with Gasteiger partial charge in [-0.3, -0.25) is 4.79 Å². The first-order chi connectivity index (χ1) is 7.06. The summed E-state index contributed by atoms with van der Waals surface area (Å²) in [4.78, 5) is 13.5. The van der Waals surface area contributed by atoms with Crippen molar-refractivity contribution in [3.63, 3.8) is 0 Å². The number of hydrogen-bond donors (Lipinski definition) is 1. The Morgan fingerprint density at radius 2 is 2.27 bits per heavy atom. The van der Waals surface area contributed by atoms with Crippen LogP contribution in [0, 0.1) is 0 Å². The molecule has 0 saturated heterocycles. The molecule has 1 aromatic rings. The maximum Gasteiger partial charge on any atom is 0.253 e. The molecule has 0 aromatic heterocycles. The Labute approximate surface area is 97.8 Å². The highest BCUT2D eigenvalue weighted by atomic mass is 79.9. The number of rotatable bonds is 3. The van der Waals surface area contributed by atoms with E-state index in [0.717, 1.165) is 5.33 Å². The lowest BCUT2D eigenvalue weighted by Crippen LogP contribution is -2.35. The standard InChI is InChI=1S/C11H14BrNO2/c1-8(7-12)13(2)11(15)9-4-3-5-10(14)6-9/h3-6,8,14H,7H2,1-2H3. The van der Waals surface area contributed by atoms with E-state index in [1.807, 2.05) is 6.92 Å². The molecule has 82 valence electrons. The number of halogens is 1. The first kappa shape index (κ1) is 12.0. The van der Waals surface area contributed by atoms with Crippen LogP contribution in [0.2, 0.25) is 0 Å². The van der Waals surface area contributed by atoms with Crippen LogP contribution in [-0.2, 0) is 0 Å². The third kappa shape index (κ3) is 2.96. The number of phenolic OH excluding ortho intramolecular Hbond substituents is 1. The van der Waals surface area contributed by atoms with E-state index in [4.69, 9.17) is 0 Å². The molecule has 0 radical (unpaired) electrons. The third-order valence-electron chi connectivity index (χ3n) is 2.30. The summed E-state index contributed by atoms with van der Waals surface area (Å²) in [6.07, 6.45) is 0. The number of alkyl halides is 1. The van der Waals surface area contributed by atoms with Gasteiger partial charge in [-0.2, -0.15) is 0 Å². The van der Waals surface area contributed by atoms with E-state index in [2.05, 4.69) is 15.9 Å². The number of benzene rings is 1. The zero-order chi connectivity index (χ0) is 11.4. The van der Waals surface area contributed by atoms with Crippen LogP contribution in [0.1, 0.15) is 17.3 Å². The zero-order valence-corrected chi connectivity index (χ0v) is 10.4. The minimum absolute atomic E-state index is 0.0853. The van der Waals surface area contributed by atoms with E-state index in [9.17, 15) is 9.90 Å². The summed E-state index contributed by atoms with van der Waals surface area (Å²) in [6, 6.07) is 6.50.